The van der Waals surface area contributed by atoms with Gasteiger partial charge in [0.25, 0.3) is 0 Å². The predicted octanol–water partition coefficient (Wildman–Crippen LogP) is 2.23. The molecule has 1 fully saturated rings. The maximum Gasteiger partial charge on any atom is 0.0934 e. The zero-order valence-electron chi connectivity index (χ0n) is 11.5. The van der Waals surface area contributed by atoms with Gasteiger partial charge in [-0.05, 0) is 31.5 Å². The molecule has 1 aliphatic heterocycles. The van der Waals surface area contributed by atoms with E-state index in [1.807, 2.05) is 0 Å². The fraction of sp³-hybridized carbons (Fsp3) is 0.714. The lowest BCUT2D eigenvalue weighted by Gasteiger charge is -2.32. The number of fused-ring (bicyclic) bond motifs is 1. The lowest BCUT2D eigenvalue weighted by atomic mass is 10.2. The minimum atomic E-state index is 0.534. The third-order valence-corrected chi connectivity index (χ3v) is 5.60. The molecule has 0 spiro atoms. The Labute approximate surface area is 124 Å². The zero-order valence-corrected chi connectivity index (χ0v) is 13.1. The first-order valence-corrected chi connectivity index (χ1v) is 8.34. The first-order valence-electron chi connectivity index (χ1n) is 7.15. The second-order valence-electron chi connectivity index (χ2n) is 5.62. The summed E-state index contributed by atoms with van der Waals surface area (Å²) in [6.07, 6.45) is 2.43. The van der Waals surface area contributed by atoms with Gasteiger partial charge in [-0.25, -0.2) is 0 Å². The number of rotatable bonds is 4. The van der Waals surface area contributed by atoms with E-state index < -0.39 is 0 Å². The molecule has 19 heavy (non-hydrogen) atoms. The summed E-state index contributed by atoms with van der Waals surface area (Å²) >= 11 is 7.84. The van der Waals surface area contributed by atoms with Crippen LogP contribution in [-0.4, -0.2) is 56.1 Å². The maximum atomic E-state index is 6.09. The fourth-order valence-corrected chi connectivity index (χ4v) is 4.37. The first kappa shape index (κ1) is 13.8. The molecule has 1 unspecified atom stereocenters. The summed E-state index contributed by atoms with van der Waals surface area (Å²) in [4.78, 5) is 6.45. The summed E-state index contributed by atoms with van der Waals surface area (Å²) < 4.78 is 0.940. The van der Waals surface area contributed by atoms with E-state index in [9.17, 15) is 0 Å². The zero-order chi connectivity index (χ0) is 13.2. The van der Waals surface area contributed by atoms with E-state index in [1.165, 1.54) is 49.5 Å². The van der Waals surface area contributed by atoms with Gasteiger partial charge in [-0.1, -0.05) is 11.6 Å². The summed E-state index contributed by atoms with van der Waals surface area (Å²) in [5, 5.41) is 3.70. The van der Waals surface area contributed by atoms with E-state index in [-0.39, 0.29) is 0 Å². The Bertz CT molecular complexity index is 426. The molecule has 1 atom stereocenters. The van der Waals surface area contributed by atoms with Gasteiger partial charge >= 0.3 is 0 Å². The van der Waals surface area contributed by atoms with Crippen LogP contribution in [0.3, 0.4) is 0 Å². The third kappa shape index (κ3) is 3.31. The quantitative estimate of drug-likeness (QED) is 0.920. The Balaban J connectivity index is 1.43. The summed E-state index contributed by atoms with van der Waals surface area (Å²) in [6, 6.07) is 2.69. The lowest BCUT2D eigenvalue weighted by Crippen LogP contribution is -2.46. The van der Waals surface area contributed by atoms with Crippen LogP contribution in [0.2, 0.25) is 4.34 Å². The van der Waals surface area contributed by atoms with Crippen molar-refractivity contribution in [3.05, 3.63) is 20.8 Å². The number of aryl methyl sites for hydroxylation is 1. The average molecular weight is 300 g/mol. The van der Waals surface area contributed by atoms with Crippen LogP contribution in [0, 0.1) is 0 Å². The molecule has 106 valence electrons. The Kier molecular flexibility index (Phi) is 4.44. The van der Waals surface area contributed by atoms with Crippen molar-refractivity contribution in [1.29, 1.82) is 0 Å². The predicted molar refractivity (Wildman–Crippen MR) is 82.3 cm³/mol. The van der Waals surface area contributed by atoms with E-state index >= 15 is 0 Å². The number of hydrogen-bond donors (Lipinski definition) is 1. The third-order valence-electron chi connectivity index (χ3n) is 4.26. The molecule has 1 aromatic rings. The van der Waals surface area contributed by atoms with Gasteiger partial charge in [0, 0.05) is 50.2 Å². The number of hydrogen-bond acceptors (Lipinski definition) is 4. The first-order chi connectivity index (χ1) is 9.22. The summed E-state index contributed by atoms with van der Waals surface area (Å²) in [5.74, 6) is 0. The SMILES string of the molecule is CN1CCN(CCNC2CCc3sc(Cl)cc32)CC1. The monoisotopic (exact) mass is 299 g/mol. The molecule has 0 saturated carbocycles. The van der Waals surface area contributed by atoms with Crippen molar-refractivity contribution in [1.82, 2.24) is 15.1 Å². The molecule has 0 amide bonds. The Morgan fingerprint density at radius 1 is 1.37 bits per heavy atom. The number of piperazine rings is 1. The van der Waals surface area contributed by atoms with Crippen LogP contribution in [0.15, 0.2) is 6.07 Å². The van der Waals surface area contributed by atoms with Gasteiger partial charge in [-0.15, -0.1) is 11.3 Å². The van der Waals surface area contributed by atoms with Crippen LogP contribution < -0.4 is 5.32 Å². The number of nitrogens with one attached hydrogen (secondary N) is 1. The molecule has 1 N–H and O–H groups in total. The van der Waals surface area contributed by atoms with Crippen LogP contribution in [0.1, 0.15) is 22.9 Å². The van der Waals surface area contributed by atoms with E-state index in [2.05, 4.69) is 28.2 Å². The Hall–Kier alpha value is -0.130. The summed E-state index contributed by atoms with van der Waals surface area (Å²) in [6.45, 7) is 7.07. The van der Waals surface area contributed by atoms with Gasteiger partial charge in [-0.2, -0.15) is 0 Å². The van der Waals surface area contributed by atoms with E-state index in [4.69, 9.17) is 11.6 Å². The molecule has 1 aromatic heterocycles. The van der Waals surface area contributed by atoms with Gasteiger partial charge < -0.3 is 10.2 Å². The standard InChI is InChI=1S/C14H22ClN3S/c1-17-6-8-18(9-7-17)5-4-16-12-2-3-13-11(12)10-14(15)19-13/h10,12,16H,2-9H2,1H3. The van der Waals surface area contributed by atoms with E-state index in [0.29, 0.717) is 6.04 Å². The highest BCUT2D eigenvalue weighted by atomic mass is 35.5. The van der Waals surface area contributed by atoms with Crippen LogP contribution >= 0.6 is 22.9 Å². The second-order valence-corrected chi connectivity index (χ2v) is 7.39. The molecule has 0 aromatic carbocycles. The van der Waals surface area contributed by atoms with Crippen LogP contribution in [0.25, 0.3) is 0 Å². The molecule has 1 aliphatic carbocycles. The summed E-state index contributed by atoms with van der Waals surface area (Å²) in [7, 11) is 2.20. The van der Waals surface area contributed by atoms with Crippen molar-refractivity contribution >= 4 is 22.9 Å². The molecule has 2 heterocycles. The molecule has 3 rings (SSSR count). The number of halogens is 1. The second kappa shape index (κ2) is 6.10. The Morgan fingerprint density at radius 2 is 2.16 bits per heavy atom. The largest absolute Gasteiger partial charge is 0.309 e. The topological polar surface area (TPSA) is 18.5 Å². The van der Waals surface area contributed by atoms with Gasteiger partial charge in [-0.3, -0.25) is 4.90 Å². The molecule has 0 bridgehead atoms. The highest BCUT2D eigenvalue weighted by Gasteiger charge is 2.24. The molecular formula is C14H22ClN3S. The van der Waals surface area contributed by atoms with Crippen molar-refractivity contribution in [3.63, 3.8) is 0 Å². The minimum absolute atomic E-state index is 0.534. The van der Waals surface area contributed by atoms with Crippen molar-refractivity contribution in [2.75, 3.05) is 46.3 Å². The molecule has 1 saturated heterocycles. The molecule has 0 radical (unpaired) electrons. The molecule has 5 heteroatoms. The number of nitrogens with zero attached hydrogens (tertiary/aromatic N) is 2. The number of thiophene rings is 1. The van der Waals surface area contributed by atoms with Crippen molar-refractivity contribution in [2.45, 2.75) is 18.9 Å². The highest BCUT2D eigenvalue weighted by Crippen LogP contribution is 2.39. The van der Waals surface area contributed by atoms with Crippen LogP contribution in [0.5, 0.6) is 0 Å². The lowest BCUT2D eigenvalue weighted by molar-refractivity contribution is 0.153. The molecular weight excluding hydrogens is 278 g/mol. The highest BCUT2D eigenvalue weighted by molar-refractivity contribution is 7.16. The van der Waals surface area contributed by atoms with Gasteiger partial charge in [0.15, 0.2) is 0 Å². The van der Waals surface area contributed by atoms with Crippen LogP contribution in [0.4, 0.5) is 0 Å². The average Bonchev–Trinajstić information content (AvgIpc) is 2.92. The van der Waals surface area contributed by atoms with Crippen molar-refractivity contribution < 1.29 is 0 Å². The van der Waals surface area contributed by atoms with Gasteiger partial charge in [0.05, 0.1) is 4.34 Å². The van der Waals surface area contributed by atoms with E-state index in [1.54, 1.807) is 11.3 Å². The van der Waals surface area contributed by atoms with Crippen molar-refractivity contribution in [3.8, 4) is 0 Å². The van der Waals surface area contributed by atoms with Crippen LogP contribution in [-0.2, 0) is 6.42 Å². The molecule has 2 aliphatic rings. The summed E-state index contributed by atoms with van der Waals surface area (Å²) in [5.41, 5.74) is 1.45. The normalized spacial score (nSPS) is 24.8. The maximum absolute atomic E-state index is 6.09. The minimum Gasteiger partial charge on any atom is -0.309 e. The van der Waals surface area contributed by atoms with Gasteiger partial charge in [0.2, 0.25) is 0 Å². The fourth-order valence-electron chi connectivity index (χ4n) is 3.01. The Morgan fingerprint density at radius 3 is 2.95 bits per heavy atom. The van der Waals surface area contributed by atoms with Crippen molar-refractivity contribution in [2.24, 2.45) is 0 Å². The number of likely N-dealkylation sites (N-methyl/N-ethyl adjacent to an activating group) is 1. The van der Waals surface area contributed by atoms with Gasteiger partial charge in [0.1, 0.15) is 0 Å². The van der Waals surface area contributed by atoms with E-state index in [0.717, 1.165) is 17.4 Å². The molecule has 3 nitrogen and oxygen atoms in total. The smallest absolute Gasteiger partial charge is 0.0934 e.